The smallest absolute Gasteiger partial charge is 0.331 e. The molecule has 28 heavy (non-hydrogen) atoms. The van der Waals surface area contributed by atoms with Crippen molar-refractivity contribution >= 4 is 46.2 Å². The van der Waals surface area contributed by atoms with Crippen molar-refractivity contribution in [3.8, 4) is 0 Å². The molecule has 0 radical (unpaired) electrons. The lowest BCUT2D eigenvalue weighted by Crippen LogP contribution is -2.40. The number of pyridine rings is 1. The number of amides is 3. The van der Waals surface area contributed by atoms with Gasteiger partial charge in [-0.2, -0.15) is 0 Å². The van der Waals surface area contributed by atoms with Crippen molar-refractivity contribution in [1.29, 1.82) is 0 Å². The number of para-hydroxylation sites is 1. The van der Waals surface area contributed by atoms with Gasteiger partial charge >= 0.3 is 12.0 Å². The molecule has 2 heterocycles. The van der Waals surface area contributed by atoms with E-state index in [1.165, 1.54) is 17.4 Å². The maximum absolute atomic E-state index is 11.8. The molecule has 3 rings (SSSR count). The lowest BCUT2D eigenvalue weighted by atomic mass is 10.1. The Labute approximate surface area is 165 Å². The zero-order valence-corrected chi connectivity index (χ0v) is 15.6. The average molecular weight is 395 g/mol. The molecule has 0 unspecified atom stereocenters. The monoisotopic (exact) mass is 395 g/mol. The molecule has 2 aromatic heterocycles. The summed E-state index contributed by atoms with van der Waals surface area (Å²) in [6.07, 6.45) is 4.46. The van der Waals surface area contributed by atoms with Gasteiger partial charge in [0.25, 0.3) is 5.91 Å². The number of fused-ring (bicyclic) bond motifs is 1. The number of nitrogens with one attached hydrogen (secondary N) is 2. The van der Waals surface area contributed by atoms with Gasteiger partial charge in [0.05, 0.1) is 12.1 Å². The number of urea groups is 1. The highest BCUT2D eigenvalue weighted by Gasteiger charge is 2.10. The minimum absolute atomic E-state index is 0.318. The Kier molecular flexibility index (Phi) is 6.48. The lowest BCUT2D eigenvalue weighted by molar-refractivity contribution is -0.143. The largest absolute Gasteiger partial charge is 0.452 e. The number of carbonyl (C=O) groups is 3. The summed E-state index contributed by atoms with van der Waals surface area (Å²) in [5.74, 6) is -1.40. The maximum atomic E-state index is 11.8. The molecule has 1 aromatic carbocycles. The molecule has 0 spiro atoms. The van der Waals surface area contributed by atoms with Crippen LogP contribution >= 0.6 is 11.3 Å². The van der Waals surface area contributed by atoms with Gasteiger partial charge in [-0.25, -0.2) is 9.59 Å². The fourth-order valence-corrected chi connectivity index (χ4v) is 3.04. The average Bonchev–Trinajstić information content (AvgIpc) is 3.23. The highest BCUT2D eigenvalue weighted by Crippen LogP contribution is 2.17. The van der Waals surface area contributed by atoms with E-state index in [-0.39, 0.29) is 0 Å². The van der Waals surface area contributed by atoms with Crippen LogP contribution in [0.3, 0.4) is 0 Å². The molecule has 3 aromatic rings. The molecule has 0 saturated heterocycles. The molecular weight excluding hydrogens is 378 g/mol. The first-order valence-electron chi connectivity index (χ1n) is 8.40. The number of nitrogens with zero attached hydrogens (tertiary/aromatic N) is 1. The normalized spacial score (nSPS) is 10.7. The van der Waals surface area contributed by atoms with E-state index in [0.29, 0.717) is 6.54 Å². The quantitative estimate of drug-likeness (QED) is 0.494. The van der Waals surface area contributed by atoms with Crippen molar-refractivity contribution in [2.45, 2.75) is 6.54 Å². The van der Waals surface area contributed by atoms with Crippen molar-refractivity contribution in [2.75, 3.05) is 6.61 Å². The topological polar surface area (TPSA) is 97.4 Å². The van der Waals surface area contributed by atoms with Crippen LogP contribution in [0.5, 0.6) is 0 Å². The van der Waals surface area contributed by atoms with Crippen LogP contribution in [-0.2, 0) is 20.9 Å². The third-order valence-corrected chi connectivity index (χ3v) is 4.54. The Bertz CT molecular complexity index is 1010. The summed E-state index contributed by atoms with van der Waals surface area (Å²) >= 11 is 1.49. The minimum atomic E-state index is -0.711. The molecule has 0 atom stereocenters. The number of carbonyl (C=O) groups excluding carboxylic acids is 3. The molecule has 0 bridgehead atoms. The molecular formula is C20H17N3O4S. The van der Waals surface area contributed by atoms with Crippen LogP contribution in [0.25, 0.3) is 17.0 Å². The first-order valence-corrected chi connectivity index (χ1v) is 9.28. The summed E-state index contributed by atoms with van der Waals surface area (Å²) in [6.45, 7) is -0.234. The molecule has 8 heteroatoms. The molecule has 0 saturated carbocycles. The fraction of sp³-hybridized carbons (Fsp3) is 0.100. The molecule has 0 aliphatic heterocycles. The van der Waals surface area contributed by atoms with Gasteiger partial charge in [0.2, 0.25) is 0 Å². The van der Waals surface area contributed by atoms with Crippen molar-refractivity contribution in [3.05, 3.63) is 70.6 Å². The molecule has 0 fully saturated rings. The number of ether oxygens (including phenoxy) is 1. The third kappa shape index (κ3) is 5.49. The summed E-state index contributed by atoms with van der Waals surface area (Å²) in [5.41, 5.74) is 1.52. The van der Waals surface area contributed by atoms with Crippen molar-refractivity contribution < 1.29 is 19.1 Å². The Morgan fingerprint density at radius 3 is 2.79 bits per heavy atom. The summed E-state index contributed by atoms with van der Waals surface area (Å²) in [7, 11) is 0. The number of hydrogen-bond acceptors (Lipinski definition) is 6. The summed E-state index contributed by atoms with van der Waals surface area (Å²) in [6, 6.07) is 12.4. The van der Waals surface area contributed by atoms with Crippen LogP contribution in [0, 0.1) is 0 Å². The van der Waals surface area contributed by atoms with E-state index in [2.05, 4.69) is 15.6 Å². The van der Waals surface area contributed by atoms with Gasteiger partial charge in [-0.05, 0) is 23.6 Å². The van der Waals surface area contributed by atoms with E-state index in [9.17, 15) is 14.4 Å². The summed E-state index contributed by atoms with van der Waals surface area (Å²) < 4.78 is 4.85. The maximum Gasteiger partial charge on any atom is 0.331 e. The van der Waals surface area contributed by atoms with Crippen LogP contribution in [0.4, 0.5) is 4.79 Å². The number of aromatic nitrogens is 1. The van der Waals surface area contributed by atoms with Crippen LogP contribution in [-0.4, -0.2) is 29.5 Å². The molecule has 142 valence electrons. The molecule has 0 aliphatic carbocycles. The second-order valence-corrected chi connectivity index (χ2v) is 6.71. The highest BCUT2D eigenvalue weighted by molar-refractivity contribution is 7.09. The Balaban J connectivity index is 1.45. The zero-order valence-electron chi connectivity index (χ0n) is 14.8. The fourth-order valence-electron chi connectivity index (χ4n) is 2.39. The van der Waals surface area contributed by atoms with Crippen LogP contribution in [0.1, 0.15) is 10.4 Å². The zero-order chi connectivity index (χ0) is 19.8. The molecule has 7 nitrogen and oxygen atoms in total. The molecule has 0 aliphatic rings. The Hall–Kier alpha value is -3.52. The highest BCUT2D eigenvalue weighted by atomic mass is 32.1. The number of hydrogen-bond donors (Lipinski definition) is 2. The second kappa shape index (κ2) is 9.43. The van der Waals surface area contributed by atoms with Crippen molar-refractivity contribution in [2.24, 2.45) is 0 Å². The van der Waals surface area contributed by atoms with Crippen LogP contribution < -0.4 is 10.6 Å². The second-order valence-electron chi connectivity index (χ2n) is 5.67. The van der Waals surface area contributed by atoms with Gasteiger partial charge in [-0.15, -0.1) is 11.3 Å². The van der Waals surface area contributed by atoms with Gasteiger partial charge in [0, 0.05) is 28.1 Å². The van der Waals surface area contributed by atoms with Crippen molar-refractivity contribution in [1.82, 2.24) is 15.6 Å². The van der Waals surface area contributed by atoms with E-state index < -0.39 is 24.5 Å². The van der Waals surface area contributed by atoms with Gasteiger partial charge in [0.1, 0.15) is 0 Å². The van der Waals surface area contributed by atoms with Gasteiger partial charge in [0.15, 0.2) is 6.61 Å². The van der Waals surface area contributed by atoms with E-state index >= 15 is 0 Å². The SMILES string of the molecule is O=C(COC(=O)/C=C/c1cccc2cccnc12)NC(=O)NCc1cccs1. The van der Waals surface area contributed by atoms with E-state index in [1.54, 1.807) is 12.3 Å². The first-order chi connectivity index (χ1) is 13.6. The predicted octanol–water partition coefficient (Wildman–Crippen LogP) is 2.88. The van der Waals surface area contributed by atoms with Gasteiger partial charge in [-0.3, -0.25) is 15.1 Å². The van der Waals surface area contributed by atoms with Crippen molar-refractivity contribution in [3.63, 3.8) is 0 Å². The lowest BCUT2D eigenvalue weighted by Gasteiger charge is -2.06. The predicted molar refractivity (Wildman–Crippen MR) is 106 cm³/mol. The minimum Gasteiger partial charge on any atom is -0.452 e. The summed E-state index contributed by atoms with van der Waals surface area (Å²) in [5, 5.41) is 7.49. The Morgan fingerprint density at radius 2 is 1.96 bits per heavy atom. The Morgan fingerprint density at radius 1 is 1.11 bits per heavy atom. The van der Waals surface area contributed by atoms with Gasteiger partial charge in [-0.1, -0.05) is 30.3 Å². The number of thiophene rings is 1. The standard InChI is InChI=1S/C20H17N3O4S/c24-17(23-20(26)22-12-16-7-3-11-28-16)13-27-18(25)9-8-15-5-1-4-14-6-2-10-21-19(14)15/h1-11H,12-13H2,(H2,22,23,24,26)/b9-8+. The van der Waals surface area contributed by atoms with Gasteiger partial charge < -0.3 is 10.1 Å². The van der Waals surface area contributed by atoms with Crippen LogP contribution in [0.2, 0.25) is 0 Å². The van der Waals surface area contributed by atoms with E-state index in [1.807, 2.05) is 47.8 Å². The number of rotatable bonds is 6. The number of esters is 1. The van der Waals surface area contributed by atoms with Crippen LogP contribution in [0.15, 0.2) is 60.1 Å². The number of imide groups is 1. The third-order valence-electron chi connectivity index (χ3n) is 3.66. The summed E-state index contributed by atoms with van der Waals surface area (Å²) in [4.78, 5) is 40.4. The van der Waals surface area contributed by atoms with E-state index in [0.717, 1.165) is 21.3 Å². The first kappa shape index (κ1) is 19.2. The van der Waals surface area contributed by atoms with E-state index in [4.69, 9.17) is 4.74 Å². The molecule has 3 amide bonds. The molecule has 2 N–H and O–H groups in total. The number of benzene rings is 1.